The molecule has 3 rings (SSSR count). The SMILES string of the molecule is C=CC[C@]1(C(=O)c2ccccc2)C(=O)N(C(C)(C)C)[C@H]1c1cccc([N+](=O)[O-])c1. The predicted molar refractivity (Wildman–Crippen MR) is 110 cm³/mol. The van der Waals surface area contributed by atoms with E-state index in [0.717, 1.165) is 0 Å². The first kappa shape index (κ1) is 20.5. The van der Waals surface area contributed by atoms with Crippen molar-refractivity contribution < 1.29 is 14.5 Å². The van der Waals surface area contributed by atoms with Gasteiger partial charge in [0.2, 0.25) is 5.91 Å². The van der Waals surface area contributed by atoms with Crippen LogP contribution in [-0.2, 0) is 4.79 Å². The molecule has 0 spiro atoms. The smallest absolute Gasteiger partial charge is 0.269 e. The van der Waals surface area contributed by atoms with Gasteiger partial charge in [-0.15, -0.1) is 6.58 Å². The van der Waals surface area contributed by atoms with E-state index in [1.165, 1.54) is 12.1 Å². The lowest BCUT2D eigenvalue weighted by molar-refractivity contribution is -0.385. The van der Waals surface area contributed by atoms with Crippen molar-refractivity contribution in [2.45, 2.75) is 38.8 Å². The summed E-state index contributed by atoms with van der Waals surface area (Å²) < 4.78 is 0. The molecule has 1 heterocycles. The molecule has 0 aromatic heterocycles. The van der Waals surface area contributed by atoms with E-state index in [4.69, 9.17) is 0 Å². The average Bonchev–Trinajstić information content (AvgIpc) is 2.69. The summed E-state index contributed by atoms with van der Waals surface area (Å²) in [4.78, 5) is 39.5. The largest absolute Gasteiger partial charge is 0.328 e. The van der Waals surface area contributed by atoms with Crippen molar-refractivity contribution in [2.24, 2.45) is 5.41 Å². The molecule has 150 valence electrons. The molecule has 2 aromatic rings. The molecule has 1 fully saturated rings. The number of carbonyl (C=O) groups is 2. The van der Waals surface area contributed by atoms with E-state index in [2.05, 4.69) is 6.58 Å². The third kappa shape index (κ3) is 3.24. The van der Waals surface area contributed by atoms with Gasteiger partial charge in [-0.2, -0.15) is 0 Å². The minimum Gasteiger partial charge on any atom is -0.328 e. The second-order valence-corrected chi connectivity index (χ2v) is 8.26. The summed E-state index contributed by atoms with van der Waals surface area (Å²) in [6.07, 6.45) is 1.72. The van der Waals surface area contributed by atoms with E-state index in [-0.39, 0.29) is 23.8 Å². The van der Waals surface area contributed by atoms with E-state index < -0.39 is 21.9 Å². The molecule has 0 N–H and O–H groups in total. The minimum absolute atomic E-state index is 0.0737. The summed E-state index contributed by atoms with van der Waals surface area (Å²) in [6.45, 7) is 9.43. The van der Waals surface area contributed by atoms with Crippen molar-refractivity contribution in [2.75, 3.05) is 0 Å². The highest BCUT2D eigenvalue weighted by atomic mass is 16.6. The van der Waals surface area contributed by atoms with Crippen molar-refractivity contribution >= 4 is 17.4 Å². The van der Waals surface area contributed by atoms with Gasteiger partial charge in [0.25, 0.3) is 5.69 Å². The average molecular weight is 392 g/mol. The van der Waals surface area contributed by atoms with E-state index in [1.807, 2.05) is 20.8 Å². The number of ketones is 1. The lowest BCUT2D eigenvalue weighted by atomic mass is 9.60. The van der Waals surface area contributed by atoms with Crippen molar-refractivity contribution in [1.29, 1.82) is 0 Å². The number of nitro groups is 1. The highest BCUT2D eigenvalue weighted by molar-refractivity contribution is 6.18. The number of nitrogens with zero attached hydrogens (tertiary/aromatic N) is 2. The number of non-ortho nitro benzene ring substituents is 1. The molecule has 1 amide bonds. The molecule has 1 saturated heterocycles. The summed E-state index contributed by atoms with van der Waals surface area (Å²) in [7, 11) is 0. The van der Waals surface area contributed by atoms with Gasteiger partial charge in [0, 0.05) is 23.2 Å². The number of allylic oxidation sites excluding steroid dienone is 1. The van der Waals surface area contributed by atoms with Gasteiger partial charge in [0.1, 0.15) is 5.41 Å². The van der Waals surface area contributed by atoms with Gasteiger partial charge in [0.15, 0.2) is 5.78 Å². The Balaban J connectivity index is 2.21. The van der Waals surface area contributed by atoms with E-state index >= 15 is 0 Å². The van der Waals surface area contributed by atoms with Gasteiger partial charge in [-0.25, -0.2) is 0 Å². The Kier molecular flexibility index (Phi) is 5.13. The number of rotatable bonds is 6. The standard InChI is InChI=1S/C23H24N2O4/c1-5-14-23(20(26)16-10-7-6-8-11-16)19(24(21(23)27)22(2,3)4)17-12-9-13-18(15-17)25(28)29/h5-13,15,19H,1,14H2,2-4H3/t19-,23-/m0/s1. The van der Waals surface area contributed by atoms with Crippen LogP contribution in [0.4, 0.5) is 5.69 Å². The summed E-state index contributed by atoms with van der Waals surface area (Å²) in [5, 5.41) is 11.3. The zero-order valence-corrected chi connectivity index (χ0v) is 16.8. The van der Waals surface area contributed by atoms with E-state index in [9.17, 15) is 19.7 Å². The number of likely N-dealkylation sites (tertiary alicyclic amines) is 1. The number of amides is 1. The van der Waals surface area contributed by atoms with Gasteiger partial charge in [0.05, 0.1) is 11.0 Å². The van der Waals surface area contributed by atoms with Crippen LogP contribution < -0.4 is 0 Å². The molecule has 1 aliphatic heterocycles. The Labute approximate surface area is 170 Å². The molecule has 29 heavy (non-hydrogen) atoms. The number of benzene rings is 2. The van der Waals surface area contributed by atoms with Gasteiger partial charge in [-0.05, 0) is 32.8 Å². The fourth-order valence-electron chi connectivity index (χ4n) is 4.13. The van der Waals surface area contributed by atoms with Crippen molar-refractivity contribution in [3.8, 4) is 0 Å². The number of carbonyl (C=O) groups excluding carboxylic acids is 2. The second-order valence-electron chi connectivity index (χ2n) is 8.26. The van der Waals surface area contributed by atoms with Crippen LogP contribution >= 0.6 is 0 Å². The van der Waals surface area contributed by atoms with E-state index in [1.54, 1.807) is 53.4 Å². The van der Waals surface area contributed by atoms with Crippen molar-refractivity contribution in [1.82, 2.24) is 4.90 Å². The maximum absolute atomic E-state index is 13.6. The molecule has 6 heteroatoms. The number of hydrogen-bond acceptors (Lipinski definition) is 4. The topological polar surface area (TPSA) is 80.5 Å². The zero-order valence-electron chi connectivity index (χ0n) is 16.8. The minimum atomic E-state index is -1.37. The summed E-state index contributed by atoms with van der Waals surface area (Å²) >= 11 is 0. The molecular weight excluding hydrogens is 368 g/mol. The van der Waals surface area contributed by atoms with Crippen LogP contribution in [0.2, 0.25) is 0 Å². The highest BCUT2D eigenvalue weighted by Crippen LogP contribution is 2.57. The molecular formula is C23H24N2O4. The third-order valence-electron chi connectivity index (χ3n) is 5.35. The first-order chi connectivity index (χ1) is 13.6. The highest BCUT2D eigenvalue weighted by Gasteiger charge is 2.67. The molecule has 0 aliphatic carbocycles. The van der Waals surface area contributed by atoms with Crippen LogP contribution in [0.25, 0.3) is 0 Å². The van der Waals surface area contributed by atoms with Crippen molar-refractivity contribution in [3.63, 3.8) is 0 Å². The van der Waals surface area contributed by atoms with Gasteiger partial charge in [-0.1, -0.05) is 48.5 Å². The number of nitro benzene ring substituents is 1. The first-order valence-corrected chi connectivity index (χ1v) is 9.43. The first-order valence-electron chi connectivity index (χ1n) is 9.43. The van der Waals surface area contributed by atoms with Crippen molar-refractivity contribution in [3.05, 3.63) is 88.5 Å². The van der Waals surface area contributed by atoms with E-state index in [0.29, 0.717) is 11.1 Å². The molecule has 1 aliphatic rings. The second kappa shape index (κ2) is 7.28. The Morgan fingerprint density at radius 1 is 1.21 bits per heavy atom. The maximum atomic E-state index is 13.6. The summed E-state index contributed by atoms with van der Waals surface area (Å²) in [5.41, 5.74) is -0.999. The van der Waals surface area contributed by atoms with Gasteiger partial charge in [-0.3, -0.25) is 19.7 Å². The lowest BCUT2D eigenvalue weighted by Gasteiger charge is -2.60. The predicted octanol–water partition coefficient (Wildman–Crippen LogP) is 4.72. The Hall–Kier alpha value is -3.28. The number of β-lactam (4-membered cyclic amide) rings is 1. The van der Waals surface area contributed by atoms with Crippen LogP contribution in [0.1, 0.15) is 49.2 Å². The fourth-order valence-corrected chi connectivity index (χ4v) is 4.13. The zero-order chi connectivity index (χ0) is 21.4. The normalized spacial score (nSPS) is 21.4. The number of hydrogen-bond donors (Lipinski definition) is 0. The Morgan fingerprint density at radius 2 is 1.86 bits per heavy atom. The Morgan fingerprint density at radius 3 is 2.41 bits per heavy atom. The summed E-state index contributed by atoms with van der Waals surface area (Å²) in [6, 6.07) is 14.2. The lowest BCUT2D eigenvalue weighted by Crippen LogP contribution is -2.71. The summed E-state index contributed by atoms with van der Waals surface area (Å²) in [5.74, 6) is -0.574. The van der Waals surface area contributed by atoms with Gasteiger partial charge >= 0.3 is 0 Å². The van der Waals surface area contributed by atoms with Crippen LogP contribution in [0.3, 0.4) is 0 Å². The monoisotopic (exact) mass is 392 g/mol. The maximum Gasteiger partial charge on any atom is 0.269 e. The molecule has 0 bridgehead atoms. The molecule has 2 atom stereocenters. The van der Waals surface area contributed by atoms with Crippen LogP contribution in [0.5, 0.6) is 0 Å². The third-order valence-corrected chi connectivity index (χ3v) is 5.35. The van der Waals surface area contributed by atoms with Gasteiger partial charge < -0.3 is 4.90 Å². The molecule has 0 saturated carbocycles. The molecule has 0 unspecified atom stereocenters. The Bertz CT molecular complexity index is 978. The quantitative estimate of drug-likeness (QED) is 0.178. The molecule has 6 nitrogen and oxygen atoms in total. The number of Topliss-reactive ketones (excluding diaryl/α,β-unsaturated/α-hetero) is 1. The van der Waals surface area contributed by atoms with Crippen LogP contribution in [0, 0.1) is 15.5 Å². The van der Waals surface area contributed by atoms with Crippen LogP contribution in [-0.4, -0.2) is 27.1 Å². The molecule has 0 radical (unpaired) electrons. The fraction of sp³-hybridized carbons (Fsp3) is 0.304. The van der Waals surface area contributed by atoms with Crippen LogP contribution in [0.15, 0.2) is 67.3 Å². The molecule has 2 aromatic carbocycles.